The van der Waals surface area contributed by atoms with Gasteiger partial charge in [0.05, 0.1) is 18.4 Å². The van der Waals surface area contributed by atoms with Gasteiger partial charge in [0.15, 0.2) is 12.3 Å². The molecule has 178 valence electrons. The molecule has 2 amide bonds. The molecule has 0 unspecified atom stereocenters. The van der Waals surface area contributed by atoms with E-state index in [1.165, 1.54) is 4.80 Å². The number of nitrogens with one attached hydrogen (secondary N) is 2. The summed E-state index contributed by atoms with van der Waals surface area (Å²) in [6, 6.07) is 18.4. The van der Waals surface area contributed by atoms with Gasteiger partial charge in [-0.15, -0.1) is 10.2 Å². The zero-order chi connectivity index (χ0) is 24.5. The molecule has 4 heterocycles. The number of hydrogen-bond donors (Lipinski definition) is 2. The highest BCUT2D eigenvalue weighted by Crippen LogP contribution is 2.28. The maximum Gasteiger partial charge on any atom is 0.270 e. The highest BCUT2D eigenvalue weighted by atomic mass is 16.5. The number of ether oxygens (including phenoxy) is 1. The van der Waals surface area contributed by atoms with Gasteiger partial charge in [0.2, 0.25) is 5.82 Å². The summed E-state index contributed by atoms with van der Waals surface area (Å²) in [6.07, 6.45) is 1.59. The van der Waals surface area contributed by atoms with E-state index in [9.17, 15) is 9.59 Å². The molecule has 0 saturated carbocycles. The van der Waals surface area contributed by atoms with Gasteiger partial charge < -0.3 is 15.4 Å². The molecule has 0 saturated heterocycles. The fourth-order valence-corrected chi connectivity index (χ4v) is 3.86. The quantitative estimate of drug-likeness (QED) is 0.373. The second-order valence-corrected chi connectivity index (χ2v) is 8.11. The largest absolute Gasteiger partial charge is 0.482 e. The summed E-state index contributed by atoms with van der Waals surface area (Å²) < 4.78 is 6.94. The van der Waals surface area contributed by atoms with Crippen LogP contribution in [-0.2, 0) is 17.9 Å². The Morgan fingerprint density at radius 3 is 2.86 bits per heavy atom. The van der Waals surface area contributed by atoms with Crippen molar-refractivity contribution in [3.8, 4) is 17.3 Å². The van der Waals surface area contributed by atoms with Crippen molar-refractivity contribution in [2.75, 3.05) is 11.9 Å². The van der Waals surface area contributed by atoms with Crippen LogP contribution in [0.4, 0.5) is 5.69 Å². The summed E-state index contributed by atoms with van der Waals surface area (Å²) in [5, 5.41) is 22.7. The van der Waals surface area contributed by atoms with Gasteiger partial charge in [-0.3, -0.25) is 9.59 Å². The molecule has 12 heteroatoms. The summed E-state index contributed by atoms with van der Waals surface area (Å²) >= 11 is 0. The first-order valence-electron chi connectivity index (χ1n) is 11.1. The van der Waals surface area contributed by atoms with Crippen LogP contribution >= 0.6 is 0 Å². The van der Waals surface area contributed by atoms with Crippen molar-refractivity contribution in [3.63, 3.8) is 0 Å². The van der Waals surface area contributed by atoms with Crippen molar-refractivity contribution in [2.45, 2.75) is 13.1 Å². The van der Waals surface area contributed by atoms with Gasteiger partial charge in [-0.1, -0.05) is 36.4 Å². The van der Waals surface area contributed by atoms with E-state index in [2.05, 4.69) is 36.1 Å². The Labute approximate surface area is 203 Å². The standard InChI is InChI=1S/C24H19N9O3/c34-22-14-36-20-7-6-16(10-17(20)28-22)12-25-24(35)18-11-19(33-21(27-18)8-9-26-33)23-29-31-32(30-23)13-15-4-2-1-3-5-15/h1-11H,12-14H2,(H,25,35)(H,28,34). The number of anilines is 1. The average molecular weight is 481 g/mol. The van der Waals surface area contributed by atoms with E-state index in [1.54, 1.807) is 35.0 Å². The van der Waals surface area contributed by atoms with Gasteiger partial charge in [0.25, 0.3) is 11.8 Å². The minimum atomic E-state index is -0.380. The van der Waals surface area contributed by atoms with Gasteiger partial charge in [-0.25, -0.2) is 9.50 Å². The Balaban J connectivity index is 1.23. The first kappa shape index (κ1) is 21.4. The molecule has 0 radical (unpaired) electrons. The molecule has 0 spiro atoms. The monoisotopic (exact) mass is 481 g/mol. The molecule has 5 aromatic rings. The van der Waals surface area contributed by atoms with Crippen LogP contribution in [0.25, 0.3) is 17.2 Å². The van der Waals surface area contributed by atoms with E-state index in [1.807, 2.05) is 36.4 Å². The third kappa shape index (κ3) is 4.22. The third-order valence-corrected chi connectivity index (χ3v) is 5.57. The topological polar surface area (TPSA) is 141 Å². The Morgan fingerprint density at radius 1 is 1.08 bits per heavy atom. The fourth-order valence-electron chi connectivity index (χ4n) is 3.86. The SMILES string of the molecule is O=C1COc2ccc(CNC(=O)c3cc(-c4nnn(Cc5ccccc5)n4)n4nccc4n3)cc2N1. The van der Waals surface area contributed by atoms with Crippen LogP contribution in [0.3, 0.4) is 0 Å². The van der Waals surface area contributed by atoms with E-state index in [0.717, 1.165) is 11.1 Å². The second-order valence-electron chi connectivity index (χ2n) is 8.11. The minimum Gasteiger partial charge on any atom is -0.482 e. The van der Waals surface area contributed by atoms with Crippen LogP contribution in [0.15, 0.2) is 66.9 Å². The summed E-state index contributed by atoms with van der Waals surface area (Å²) in [5.74, 6) is 0.315. The molecular weight excluding hydrogens is 462 g/mol. The van der Waals surface area contributed by atoms with Crippen molar-refractivity contribution < 1.29 is 14.3 Å². The molecule has 2 N–H and O–H groups in total. The van der Waals surface area contributed by atoms with Gasteiger partial charge in [0, 0.05) is 12.6 Å². The van der Waals surface area contributed by atoms with Crippen LogP contribution in [0.5, 0.6) is 5.75 Å². The van der Waals surface area contributed by atoms with Gasteiger partial charge in [-0.2, -0.15) is 9.90 Å². The smallest absolute Gasteiger partial charge is 0.270 e. The lowest BCUT2D eigenvalue weighted by Gasteiger charge is -2.18. The maximum absolute atomic E-state index is 13.0. The molecule has 0 atom stereocenters. The Morgan fingerprint density at radius 2 is 1.97 bits per heavy atom. The lowest BCUT2D eigenvalue weighted by molar-refractivity contribution is -0.118. The zero-order valence-electron chi connectivity index (χ0n) is 18.8. The fraction of sp³-hybridized carbons (Fsp3) is 0.125. The predicted octanol–water partition coefficient (Wildman–Crippen LogP) is 1.69. The number of carbonyl (C=O) groups excluding carboxylic acids is 2. The van der Waals surface area contributed by atoms with Crippen LogP contribution in [0, 0.1) is 0 Å². The van der Waals surface area contributed by atoms with Crippen molar-refractivity contribution in [2.24, 2.45) is 0 Å². The molecule has 1 aliphatic heterocycles. The highest BCUT2D eigenvalue weighted by Gasteiger charge is 2.19. The summed E-state index contributed by atoms with van der Waals surface area (Å²) in [7, 11) is 0. The molecule has 36 heavy (non-hydrogen) atoms. The van der Waals surface area contributed by atoms with E-state index in [4.69, 9.17) is 4.74 Å². The van der Waals surface area contributed by atoms with Crippen molar-refractivity contribution in [1.29, 1.82) is 0 Å². The number of hydrogen-bond acceptors (Lipinski definition) is 8. The molecule has 1 aliphatic rings. The lowest BCUT2D eigenvalue weighted by Crippen LogP contribution is -2.26. The van der Waals surface area contributed by atoms with Gasteiger partial charge in [-0.05, 0) is 34.5 Å². The summed E-state index contributed by atoms with van der Waals surface area (Å²) in [4.78, 5) is 30.5. The summed E-state index contributed by atoms with van der Waals surface area (Å²) in [5.41, 5.74) is 3.56. The number of amides is 2. The number of rotatable bonds is 6. The van der Waals surface area contributed by atoms with Crippen LogP contribution < -0.4 is 15.4 Å². The highest BCUT2D eigenvalue weighted by molar-refractivity contribution is 5.95. The van der Waals surface area contributed by atoms with E-state index >= 15 is 0 Å². The molecule has 0 aliphatic carbocycles. The Bertz CT molecular complexity index is 1590. The van der Waals surface area contributed by atoms with Crippen LogP contribution in [0.1, 0.15) is 21.6 Å². The van der Waals surface area contributed by atoms with E-state index < -0.39 is 0 Å². The minimum absolute atomic E-state index is 0.0109. The Hall–Kier alpha value is -5.13. The average Bonchev–Trinajstić information content (AvgIpc) is 3.56. The number of fused-ring (bicyclic) bond motifs is 2. The van der Waals surface area contributed by atoms with Crippen LogP contribution in [0.2, 0.25) is 0 Å². The number of tetrazole rings is 1. The third-order valence-electron chi connectivity index (χ3n) is 5.57. The molecular formula is C24H19N9O3. The zero-order valence-corrected chi connectivity index (χ0v) is 18.8. The Kier molecular flexibility index (Phi) is 5.30. The number of carbonyl (C=O) groups is 2. The first-order valence-corrected chi connectivity index (χ1v) is 11.1. The van der Waals surface area contributed by atoms with Crippen molar-refractivity contribution in [1.82, 2.24) is 40.1 Å². The number of aromatic nitrogens is 7. The maximum atomic E-state index is 13.0. The lowest BCUT2D eigenvalue weighted by atomic mass is 10.1. The molecule has 6 rings (SSSR count). The normalized spacial score (nSPS) is 12.6. The molecule has 0 bridgehead atoms. The van der Waals surface area contributed by atoms with Gasteiger partial charge >= 0.3 is 0 Å². The molecule has 3 aromatic heterocycles. The number of nitrogens with zero attached hydrogens (tertiary/aromatic N) is 7. The van der Waals surface area contributed by atoms with Crippen molar-refractivity contribution in [3.05, 3.63) is 83.7 Å². The van der Waals surface area contributed by atoms with Crippen molar-refractivity contribution >= 4 is 23.1 Å². The van der Waals surface area contributed by atoms with E-state index in [0.29, 0.717) is 35.1 Å². The number of benzene rings is 2. The second kappa shape index (κ2) is 8.91. The molecule has 12 nitrogen and oxygen atoms in total. The van der Waals surface area contributed by atoms with E-state index in [-0.39, 0.29) is 30.7 Å². The molecule has 2 aromatic carbocycles. The predicted molar refractivity (Wildman–Crippen MR) is 127 cm³/mol. The molecule has 0 fully saturated rings. The first-order chi connectivity index (χ1) is 17.6. The summed E-state index contributed by atoms with van der Waals surface area (Å²) in [6.45, 7) is 0.679. The van der Waals surface area contributed by atoms with Crippen LogP contribution in [-0.4, -0.2) is 53.2 Å². The van der Waals surface area contributed by atoms with Gasteiger partial charge in [0.1, 0.15) is 17.1 Å².